The number of carbonyl (C=O) groups is 1. The smallest absolute Gasteiger partial charge is 0.269 e. The Balaban J connectivity index is 1.76. The molecule has 0 aliphatic heterocycles. The minimum Gasteiger partial charge on any atom is -0.352 e. The van der Waals surface area contributed by atoms with Gasteiger partial charge in [-0.1, -0.05) is 11.6 Å². The van der Waals surface area contributed by atoms with Crippen LogP contribution >= 0.6 is 0 Å². The van der Waals surface area contributed by atoms with Gasteiger partial charge >= 0.3 is 0 Å². The molecule has 1 amide bonds. The minimum absolute atomic E-state index is 0.0439. The molecule has 22 heavy (non-hydrogen) atoms. The molecule has 0 unspecified atom stereocenters. The number of nitro groups is 1. The molecule has 1 aromatic rings. The summed E-state index contributed by atoms with van der Waals surface area (Å²) in [7, 11) is 0. The third-order valence-corrected chi connectivity index (χ3v) is 3.66. The maximum absolute atomic E-state index is 11.7. The van der Waals surface area contributed by atoms with Gasteiger partial charge in [-0.15, -0.1) is 0 Å². The van der Waals surface area contributed by atoms with Crippen LogP contribution in [-0.4, -0.2) is 17.4 Å². The number of nitrogens with zero attached hydrogens (tertiary/aromatic N) is 1. The highest BCUT2D eigenvalue weighted by Gasteiger charge is 2.04. The Bertz CT molecular complexity index is 588. The lowest BCUT2D eigenvalue weighted by atomic mass is 9.97. The summed E-state index contributed by atoms with van der Waals surface area (Å²) in [5, 5.41) is 13.4. The first-order valence-corrected chi connectivity index (χ1v) is 7.53. The highest BCUT2D eigenvalue weighted by Crippen LogP contribution is 2.19. The van der Waals surface area contributed by atoms with Crippen molar-refractivity contribution in [3.8, 4) is 0 Å². The molecule has 5 nitrogen and oxygen atoms in total. The highest BCUT2D eigenvalue weighted by atomic mass is 16.6. The van der Waals surface area contributed by atoms with Crippen LogP contribution in [0.25, 0.3) is 6.08 Å². The molecule has 1 aromatic carbocycles. The van der Waals surface area contributed by atoms with E-state index in [0.29, 0.717) is 6.54 Å². The van der Waals surface area contributed by atoms with Gasteiger partial charge in [-0.2, -0.15) is 0 Å². The molecule has 0 atom stereocenters. The zero-order chi connectivity index (χ0) is 15.8. The molecule has 1 aliphatic carbocycles. The topological polar surface area (TPSA) is 72.2 Å². The molecule has 116 valence electrons. The number of non-ortho nitro benzene ring substituents is 1. The molecule has 5 heteroatoms. The van der Waals surface area contributed by atoms with E-state index in [1.165, 1.54) is 36.6 Å². The van der Waals surface area contributed by atoms with E-state index in [9.17, 15) is 14.9 Å². The summed E-state index contributed by atoms with van der Waals surface area (Å²) in [6.07, 6.45) is 11.1. The predicted molar refractivity (Wildman–Crippen MR) is 86.3 cm³/mol. The maximum atomic E-state index is 11.7. The molecular weight excluding hydrogens is 280 g/mol. The number of hydrogen-bond donors (Lipinski definition) is 1. The molecule has 1 aliphatic rings. The zero-order valence-electron chi connectivity index (χ0n) is 12.5. The van der Waals surface area contributed by atoms with E-state index < -0.39 is 4.92 Å². The lowest BCUT2D eigenvalue weighted by Gasteiger charge is -2.12. The van der Waals surface area contributed by atoms with Crippen LogP contribution in [0, 0.1) is 10.1 Å². The van der Waals surface area contributed by atoms with Crippen molar-refractivity contribution in [2.24, 2.45) is 0 Å². The number of allylic oxidation sites excluding steroid dienone is 1. The maximum Gasteiger partial charge on any atom is 0.269 e. The molecule has 0 saturated carbocycles. The molecule has 2 rings (SSSR count). The van der Waals surface area contributed by atoms with Crippen molar-refractivity contribution in [2.75, 3.05) is 6.54 Å². The number of nitro benzene ring substituents is 1. The molecule has 0 bridgehead atoms. The van der Waals surface area contributed by atoms with E-state index in [1.54, 1.807) is 18.2 Å². The molecule has 0 heterocycles. The molecule has 0 radical (unpaired) electrons. The van der Waals surface area contributed by atoms with Crippen molar-refractivity contribution in [1.29, 1.82) is 0 Å². The second kappa shape index (κ2) is 8.12. The van der Waals surface area contributed by atoms with E-state index in [1.807, 2.05) is 0 Å². The summed E-state index contributed by atoms with van der Waals surface area (Å²) < 4.78 is 0. The fraction of sp³-hybridized carbons (Fsp3) is 0.353. The van der Waals surface area contributed by atoms with Crippen LogP contribution in [0.5, 0.6) is 0 Å². The largest absolute Gasteiger partial charge is 0.352 e. The summed E-state index contributed by atoms with van der Waals surface area (Å²) in [4.78, 5) is 21.8. The molecule has 0 spiro atoms. The quantitative estimate of drug-likeness (QED) is 0.377. The molecule has 0 fully saturated rings. The Morgan fingerprint density at radius 3 is 2.68 bits per heavy atom. The van der Waals surface area contributed by atoms with Crippen molar-refractivity contribution < 1.29 is 9.72 Å². The van der Waals surface area contributed by atoms with E-state index in [4.69, 9.17) is 0 Å². The Kier molecular flexibility index (Phi) is 5.89. The molecular formula is C17H20N2O3. The van der Waals surface area contributed by atoms with Crippen LogP contribution in [-0.2, 0) is 4.79 Å². The fourth-order valence-electron chi connectivity index (χ4n) is 2.42. The standard InChI is InChI=1S/C17H20N2O3/c20-17(18-13-12-14-4-2-1-3-5-14)11-8-15-6-9-16(10-7-15)19(21)22/h4,6-11H,1-3,5,12-13H2,(H,18,20)/b11-8+. The minimum atomic E-state index is -0.444. The lowest BCUT2D eigenvalue weighted by Crippen LogP contribution is -2.22. The van der Waals surface area contributed by atoms with Crippen LogP contribution in [0.15, 0.2) is 42.0 Å². The van der Waals surface area contributed by atoms with Crippen LogP contribution < -0.4 is 5.32 Å². The SMILES string of the molecule is O=C(/C=C/c1ccc([N+](=O)[O-])cc1)NCCC1=CCCCC1. The van der Waals surface area contributed by atoms with Gasteiger partial charge in [0.15, 0.2) is 0 Å². The third kappa shape index (κ3) is 5.16. The van der Waals surface area contributed by atoms with Gasteiger partial charge in [0.2, 0.25) is 5.91 Å². The Morgan fingerprint density at radius 1 is 1.27 bits per heavy atom. The third-order valence-electron chi connectivity index (χ3n) is 3.66. The van der Waals surface area contributed by atoms with Crippen LogP contribution in [0.3, 0.4) is 0 Å². The average Bonchev–Trinajstić information content (AvgIpc) is 2.54. The number of benzene rings is 1. The van der Waals surface area contributed by atoms with Crippen LogP contribution in [0.1, 0.15) is 37.7 Å². The van der Waals surface area contributed by atoms with Crippen molar-refractivity contribution in [2.45, 2.75) is 32.1 Å². The monoisotopic (exact) mass is 300 g/mol. The van der Waals surface area contributed by atoms with E-state index >= 15 is 0 Å². The number of hydrogen-bond acceptors (Lipinski definition) is 3. The van der Waals surface area contributed by atoms with Gasteiger partial charge in [-0.05, 0) is 55.9 Å². The second-order valence-corrected chi connectivity index (χ2v) is 5.33. The second-order valence-electron chi connectivity index (χ2n) is 5.33. The Morgan fingerprint density at radius 2 is 2.05 bits per heavy atom. The van der Waals surface area contributed by atoms with Crippen molar-refractivity contribution in [3.05, 3.63) is 57.7 Å². The first-order chi connectivity index (χ1) is 10.6. The zero-order valence-corrected chi connectivity index (χ0v) is 12.5. The molecule has 1 N–H and O–H groups in total. The first-order valence-electron chi connectivity index (χ1n) is 7.53. The van der Waals surface area contributed by atoms with Gasteiger partial charge in [0.05, 0.1) is 4.92 Å². The predicted octanol–water partition coefficient (Wildman–Crippen LogP) is 3.61. The van der Waals surface area contributed by atoms with Gasteiger partial charge in [-0.3, -0.25) is 14.9 Å². The number of nitrogens with one attached hydrogen (secondary N) is 1. The summed E-state index contributed by atoms with van der Waals surface area (Å²) in [5.74, 6) is -0.144. The number of amides is 1. The summed E-state index contributed by atoms with van der Waals surface area (Å²) in [6, 6.07) is 6.09. The van der Waals surface area contributed by atoms with Crippen molar-refractivity contribution in [1.82, 2.24) is 5.32 Å². The number of rotatable bonds is 6. The van der Waals surface area contributed by atoms with E-state index in [2.05, 4.69) is 11.4 Å². The molecule has 0 aromatic heterocycles. The average molecular weight is 300 g/mol. The van der Waals surface area contributed by atoms with Gasteiger partial charge in [0.1, 0.15) is 0 Å². The van der Waals surface area contributed by atoms with E-state index in [0.717, 1.165) is 24.8 Å². The van der Waals surface area contributed by atoms with Crippen LogP contribution in [0.4, 0.5) is 5.69 Å². The summed E-state index contributed by atoms with van der Waals surface area (Å²) >= 11 is 0. The highest BCUT2D eigenvalue weighted by molar-refractivity contribution is 5.91. The van der Waals surface area contributed by atoms with Gasteiger partial charge < -0.3 is 5.32 Å². The lowest BCUT2D eigenvalue weighted by molar-refractivity contribution is -0.384. The summed E-state index contributed by atoms with van der Waals surface area (Å²) in [5.41, 5.74) is 2.24. The van der Waals surface area contributed by atoms with Crippen LogP contribution in [0.2, 0.25) is 0 Å². The fourth-order valence-corrected chi connectivity index (χ4v) is 2.42. The first kappa shape index (κ1) is 15.9. The van der Waals surface area contributed by atoms with Gasteiger partial charge in [-0.25, -0.2) is 0 Å². The Labute approximate surface area is 129 Å². The van der Waals surface area contributed by atoms with Crippen molar-refractivity contribution in [3.63, 3.8) is 0 Å². The summed E-state index contributed by atoms with van der Waals surface area (Å²) in [6.45, 7) is 0.648. The van der Waals surface area contributed by atoms with E-state index in [-0.39, 0.29) is 11.6 Å². The normalized spacial score (nSPS) is 14.6. The van der Waals surface area contributed by atoms with Crippen molar-refractivity contribution >= 4 is 17.7 Å². The molecule has 0 saturated heterocycles. The van der Waals surface area contributed by atoms with Gasteiger partial charge in [0, 0.05) is 24.8 Å². The number of carbonyl (C=O) groups excluding carboxylic acids is 1. The Hall–Kier alpha value is -2.43. The van der Waals surface area contributed by atoms with Gasteiger partial charge in [0.25, 0.3) is 5.69 Å².